The van der Waals surface area contributed by atoms with Crippen LogP contribution in [0.25, 0.3) is 22.5 Å². The minimum atomic E-state index is 0.762. The lowest BCUT2D eigenvalue weighted by atomic mass is 10.1. The van der Waals surface area contributed by atoms with Crippen molar-refractivity contribution in [1.82, 2.24) is 4.98 Å². The fourth-order valence-corrected chi connectivity index (χ4v) is 2.14. The van der Waals surface area contributed by atoms with Crippen molar-refractivity contribution in [2.45, 2.75) is 0 Å². The van der Waals surface area contributed by atoms with E-state index in [9.17, 15) is 0 Å². The molecule has 0 aliphatic rings. The van der Waals surface area contributed by atoms with Gasteiger partial charge in [0.1, 0.15) is 0 Å². The quantitative estimate of drug-likeness (QED) is 0.608. The standard InChI is InChI=1S/C16H15N3/c17-13-5-1-3-11(9-13)15-7-8-16(19-15)12-4-2-6-14(18)10-12/h1-10,19H,17-18H2. The summed E-state index contributed by atoms with van der Waals surface area (Å²) < 4.78 is 0. The predicted octanol–water partition coefficient (Wildman–Crippen LogP) is 3.51. The maximum atomic E-state index is 5.80. The minimum Gasteiger partial charge on any atom is -0.399 e. The van der Waals surface area contributed by atoms with E-state index in [1.54, 1.807) is 0 Å². The first kappa shape index (κ1) is 11.4. The Hall–Kier alpha value is -2.68. The molecular weight excluding hydrogens is 234 g/mol. The van der Waals surface area contributed by atoms with Gasteiger partial charge < -0.3 is 16.5 Å². The lowest BCUT2D eigenvalue weighted by molar-refractivity contribution is 1.39. The van der Waals surface area contributed by atoms with Crippen LogP contribution in [0.1, 0.15) is 0 Å². The van der Waals surface area contributed by atoms with Gasteiger partial charge in [0.05, 0.1) is 0 Å². The Labute approximate surface area is 111 Å². The highest BCUT2D eigenvalue weighted by molar-refractivity contribution is 5.71. The molecule has 3 aromatic rings. The number of aromatic amines is 1. The molecule has 0 saturated carbocycles. The zero-order chi connectivity index (χ0) is 13.2. The molecule has 0 aliphatic carbocycles. The Kier molecular flexibility index (Phi) is 2.72. The number of nitrogen functional groups attached to an aromatic ring is 2. The molecule has 0 spiro atoms. The summed E-state index contributed by atoms with van der Waals surface area (Å²) in [6, 6.07) is 19.7. The van der Waals surface area contributed by atoms with Crippen molar-refractivity contribution < 1.29 is 0 Å². The van der Waals surface area contributed by atoms with Gasteiger partial charge in [0.25, 0.3) is 0 Å². The third-order valence-electron chi connectivity index (χ3n) is 3.08. The second kappa shape index (κ2) is 4.53. The van der Waals surface area contributed by atoms with E-state index in [-0.39, 0.29) is 0 Å². The van der Waals surface area contributed by atoms with Gasteiger partial charge >= 0.3 is 0 Å². The molecular formula is C16H15N3. The topological polar surface area (TPSA) is 67.8 Å². The third-order valence-corrected chi connectivity index (χ3v) is 3.08. The van der Waals surface area contributed by atoms with E-state index in [1.165, 1.54) is 0 Å². The molecule has 1 aromatic heterocycles. The number of anilines is 2. The number of H-pyrrole nitrogens is 1. The van der Waals surface area contributed by atoms with Gasteiger partial charge in [0.2, 0.25) is 0 Å². The van der Waals surface area contributed by atoms with Crippen molar-refractivity contribution in [2.24, 2.45) is 0 Å². The Morgan fingerprint density at radius 2 is 1.11 bits per heavy atom. The molecule has 3 nitrogen and oxygen atoms in total. The summed E-state index contributed by atoms with van der Waals surface area (Å²) in [5.74, 6) is 0. The van der Waals surface area contributed by atoms with Crippen molar-refractivity contribution in [3.05, 3.63) is 60.7 Å². The molecule has 5 N–H and O–H groups in total. The number of hydrogen-bond donors (Lipinski definition) is 3. The molecule has 0 unspecified atom stereocenters. The van der Waals surface area contributed by atoms with Gasteiger partial charge in [-0.1, -0.05) is 24.3 Å². The zero-order valence-corrected chi connectivity index (χ0v) is 10.4. The van der Waals surface area contributed by atoms with Gasteiger partial charge in [-0.2, -0.15) is 0 Å². The van der Waals surface area contributed by atoms with Gasteiger partial charge in [-0.15, -0.1) is 0 Å². The largest absolute Gasteiger partial charge is 0.399 e. The molecule has 19 heavy (non-hydrogen) atoms. The molecule has 0 fully saturated rings. The summed E-state index contributed by atoms with van der Waals surface area (Å²) in [4.78, 5) is 3.39. The lowest BCUT2D eigenvalue weighted by Crippen LogP contribution is -1.86. The highest BCUT2D eigenvalue weighted by atomic mass is 14.7. The van der Waals surface area contributed by atoms with E-state index in [1.807, 2.05) is 60.7 Å². The normalized spacial score (nSPS) is 10.5. The van der Waals surface area contributed by atoms with E-state index in [0.717, 1.165) is 33.9 Å². The fraction of sp³-hybridized carbons (Fsp3) is 0. The molecule has 0 bridgehead atoms. The zero-order valence-electron chi connectivity index (χ0n) is 10.4. The van der Waals surface area contributed by atoms with E-state index in [0.29, 0.717) is 0 Å². The molecule has 1 heterocycles. The number of benzene rings is 2. The van der Waals surface area contributed by atoms with Crippen molar-refractivity contribution >= 4 is 11.4 Å². The summed E-state index contributed by atoms with van der Waals surface area (Å²) in [5.41, 5.74) is 17.4. The first-order valence-electron chi connectivity index (χ1n) is 6.13. The Balaban J connectivity index is 2.00. The van der Waals surface area contributed by atoms with E-state index in [4.69, 9.17) is 11.5 Å². The summed E-state index contributed by atoms with van der Waals surface area (Å²) >= 11 is 0. The van der Waals surface area contributed by atoms with Crippen LogP contribution in [0, 0.1) is 0 Å². The van der Waals surface area contributed by atoms with Crippen LogP contribution in [-0.2, 0) is 0 Å². The van der Waals surface area contributed by atoms with Crippen molar-refractivity contribution in [3.8, 4) is 22.5 Å². The van der Waals surface area contributed by atoms with Gasteiger partial charge in [0.15, 0.2) is 0 Å². The highest BCUT2D eigenvalue weighted by Crippen LogP contribution is 2.26. The number of rotatable bonds is 2. The summed E-state index contributed by atoms with van der Waals surface area (Å²) in [5, 5.41) is 0. The highest BCUT2D eigenvalue weighted by Gasteiger charge is 2.04. The molecule has 3 heteroatoms. The van der Waals surface area contributed by atoms with Crippen LogP contribution in [0.15, 0.2) is 60.7 Å². The Morgan fingerprint density at radius 3 is 1.53 bits per heavy atom. The van der Waals surface area contributed by atoms with E-state index in [2.05, 4.69) is 4.98 Å². The maximum Gasteiger partial charge on any atom is 0.0459 e. The van der Waals surface area contributed by atoms with E-state index < -0.39 is 0 Å². The summed E-state index contributed by atoms with van der Waals surface area (Å²) in [6.07, 6.45) is 0. The first-order valence-corrected chi connectivity index (χ1v) is 6.13. The van der Waals surface area contributed by atoms with Crippen LogP contribution in [0.2, 0.25) is 0 Å². The lowest BCUT2D eigenvalue weighted by Gasteiger charge is -2.01. The Morgan fingerprint density at radius 1 is 0.632 bits per heavy atom. The number of nitrogens with two attached hydrogens (primary N) is 2. The average molecular weight is 249 g/mol. The van der Waals surface area contributed by atoms with Crippen LogP contribution >= 0.6 is 0 Å². The molecule has 0 radical (unpaired) electrons. The summed E-state index contributed by atoms with van der Waals surface area (Å²) in [6.45, 7) is 0. The van der Waals surface area contributed by atoms with Crippen LogP contribution in [0.4, 0.5) is 11.4 Å². The monoisotopic (exact) mass is 249 g/mol. The predicted molar refractivity (Wildman–Crippen MR) is 80.5 cm³/mol. The summed E-state index contributed by atoms with van der Waals surface area (Å²) in [7, 11) is 0. The SMILES string of the molecule is Nc1cccc(-c2ccc(-c3cccc(N)c3)[nH]2)c1. The smallest absolute Gasteiger partial charge is 0.0459 e. The average Bonchev–Trinajstić information content (AvgIpc) is 2.88. The molecule has 0 saturated heterocycles. The number of aromatic nitrogens is 1. The molecule has 0 atom stereocenters. The van der Waals surface area contributed by atoms with Gasteiger partial charge in [-0.05, 0) is 47.5 Å². The van der Waals surface area contributed by atoms with Gasteiger partial charge in [-0.25, -0.2) is 0 Å². The maximum absolute atomic E-state index is 5.80. The van der Waals surface area contributed by atoms with Crippen LogP contribution in [0.5, 0.6) is 0 Å². The van der Waals surface area contributed by atoms with Crippen molar-refractivity contribution in [1.29, 1.82) is 0 Å². The van der Waals surface area contributed by atoms with Crippen LogP contribution in [0.3, 0.4) is 0 Å². The minimum absolute atomic E-state index is 0.762. The van der Waals surface area contributed by atoms with Crippen molar-refractivity contribution in [2.75, 3.05) is 11.5 Å². The van der Waals surface area contributed by atoms with E-state index >= 15 is 0 Å². The second-order valence-corrected chi connectivity index (χ2v) is 4.54. The van der Waals surface area contributed by atoms with Gasteiger partial charge in [-0.3, -0.25) is 0 Å². The molecule has 0 aliphatic heterocycles. The molecule has 3 rings (SSSR count). The fourth-order valence-electron chi connectivity index (χ4n) is 2.14. The Bertz CT molecular complexity index is 653. The van der Waals surface area contributed by atoms with Crippen LogP contribution in [-0.4, -0.2) is 4.98 Å². The van der Waals surface area contributed by atoms with Gasteiger partial charge in [0, 0.05) is 22.8 Å². The molecule has 0 amide bonds. The molecule has 2 aromatic carbocycles. The first-order chi connectivity index (χ1) is 9.22. The molecule has 94 valence electrons. The van der Waals surface area contributed by atoms with Crippen molar-refractivity contribution in [3.63, 3.8) is 0 Å². The number of nitrogens with one attached hydrogen (secondary N) is 1. The number of hydrogen-bond acceptors (Lipinski definition) is 2. The second-order valence-electron chi connectivity index (χ2n) is 4.54. The van der Waals surface area contributed by atoms with Crippen LogP contribution < -0.4 is 11.5 Å². The third kappa shape index (κ3) is 2.31.